The molecule has 0 N–H and O–H groups in total. The number of methoxy groups -OCH3 is 1. The standard InChI is InChI=1S/C15H15FN2O2/c1-18(15(19)12-4-3-7-17-9-12)10-11-5-6-14(20-2)13(16)8-11/h3-9H,10H2,1-2H3. The fraction of sp³-hybridized carbons (Fsp3) is 0.200. The van der Waals surface area contributed by atoms with Crippen LogP contribution in [0, 0.1) is 5.82 Å². The quantitative estimate of drug-likeness (QED) is 0.860. The number of ether oxygens (including phenoxy) is 1. The van der Waals surface area contributed by atoms with Crippen LogP contribution in [0.25, 0.3) is 0 Å². The highest BCUT2D eigenvalue weighted by molar-refractivity contribution is 5.93. The lowest BCUT2D eigenvalue weighted by atomic mass is 10.2. The van der Waals surface area contributed by atoms with Gasteiger partial charge in [0, 0.05) is 26.0 Å². The van der Waals surface area contributed by atoms with Crippen LogP contribution in [0.5, 0.6) is 5.75 Å². The fourth-order valence-corrected chi connectivity index (χ4v) is 1.86. The predicted octanol–water partition coefficient (Wildman–Crippen LogP) is 2.50. The Balaban J connectivity index is 2.10. The van der Waals surface area contributed by atoms with Crippen molar-refractivity contribution in [2.75, 3.05) is 14.2 Å². The van der Waals surface area contributed by atoms with Gasteiger partial charge in [0.15, 0.2) is 11.6 Å². The number of pyridine rings is 1. The van der Waals surface area contributed by atoms with Gasteiger partial charge in [0.25, 0.3) is 5.91 Å². The van der Waals surface area contributed by atoms with Gasteiger partial charge in [-0.15, -0.1) is 0 Å². The minimum absolute atomic E-state index is 0.158. The van der Waals surface area contributed by atoms with Gasteiger partial charge < -0.3 is 9.64 Å². The summed E-state index contributed by atoms with van der Waals surface area (Å²) in [6, 6.07) is 8.04. The third-order valence-electron chi connectivity index (χ3n) is 2.89. The Kier molecular flexibility index (Phi) is 4.30. The summed E-state index contributed by atoms with van der Waals surface area (Å²) in [4.78, 5) is 17.5. The summed E-state index contributed by atoms with van der Waals surface area (Å²) in [6.45, 7) is 0.314. The fourth-order valence-electron chi connectivity index (χ4n) is 1.86. The van der Waals surface area contributed by atoms with Crippen LogP contribution in [-0.2, 0) is 6.54 Å². The Morgan fingerprint density at radius 3 is 2.80 bits per heavy atom. The van der Waals surface area contributed by atoms with E-state index in [0.717, 1.165) is 0 Å². The van der Waals surface area contributed by atoms with Crippen molar-refractivity contribution in [3.05, 3.63) is 59.7 Å². The molecule has 0 saturated heterocycles. The van der Waals surface area contributed by atoms with Gasteiger partial charge in [-0.1, -0.05) is 6.07 Å². The van der Waals surface area contributed by atoms with Crippen molar-refractivity contribution in [3.63, 3.8) is 0 Å². The number of benzene rings is 1. The van der Waals surface area contributed by atoms with E-state index in [2.05, 4.69) is 4.98 Å². The number of aromatic nitrogens is 1. The van der Waals surface area contributed by atoms with Gasteiger partial charge in [-0.05, 0) is 29.8 Å². The molecule has 5 heteroatoms. The van der Waals surface area contributed by atoms with Crippen molar-refractivity contribution in [3.8, 4) is 5.75 Å². The second-order valence-corrected chi connectivity index (χ2v) is 4.37. The number of amides is 1. The number of carbonyl (C=O) groups excluding carboxylic acids is 1. The average Bonchev–Trinajstić information content (AvgIpc) is 2.47. The first-order valence-corrected chi connectivity index (χ1v) is 6.09. The van der Waals surface area contributed by atoms with Gasteiger partial charge in [-0.25, -0.2) is 4.39 Å². The van der Waals surface area contributed by atoms with Gasteiger partial charge in [0.1, 0.15) is 0 Å². The molecule has 0 aliphatic carbocycles. The Bertz CT molecular complexity index is 602. The summed E-state index contributed by atoms with van der Waals surface area (Å²) >= 11 is 0. The molecule has 0 aliphatic rings. The molecule has 1 heterocycles. The number of hydrogen-bond donors (Lipinski definition) is 0. The van der Waals surface area contributed by atoms with Gasteiger partial charge in [0.05, 0.1) is 12.7 Å². The van der Waals surface area contributed by atoms with E-state index in [-0.39, 0.29) is 11.7 Å². The van der Waals surface area contributed by atoms with Crippen LogP contribution < -0.4 is 4.74 Å². The van der Waals surface area contributed by atoms with Crippen molar-refractivity contribution in [1.82, 2.24) is 9.88 Å². The molecule has 4 nitrogen and oxygen atoms in total. The first-order valence-electron chi connectivity index (χ1n) is 6.09. The molecule has 20 heavy (non-hydrogen) atoms. The van der Waals surface area contributed by atoms with Crippen LogP contribution in [0.4, 0.5) is 4.39 Å². The largest absolute Gasteiger partial charge is 0.494 e. The molecule has 0 saturated carbocycles. The maximum atomic E-state index is 13.6. The van der Waals surface area contributed by atoms with Crippen LogP contribution in [0.3, 0.4) is 0 Å². The summed E-state index contributed by atoms with van der Waals surface area (Å²) in [5.74, 6) is -0.406. The van der Waals surface area contributed by atoms with Crippen LogP contribution >= 0.6 is 0 Å². The molecule has 0 radical (unpaired) electrons. The molecule has 1 aromatic carbocycles. The average molecular weight is 274 g/mol. The van der Waals surface area contributed by atoms with Crippen LogP contribution in [0.1, 0.15) is 15.9 Å². The van der Waals surface area contributed by atoms with Crippen molar-refractivity contribution >= 4 is 5.91 Å². The van der Waals surface area contributed by atoms with E-state index < -0.39 is 5.82 Å². The third-order valence-corrected chi connectivity index (χ3v) is 2.89. The Labute approximate surface area is 116 Å². The normalized spacial score (nSPS) is 10.2. The number of carbonyl (C=O) groups is 1. The number of rotatable bonds is 4. The molecule has 0 bridgehead atoms. The number of nitrogens with zero attached hydrogens (tertiary/aromatic N) is 2. The monoisotopic (exact) mass is 274 g/mol. The zero-order valence-electron chi connectivity index (χ0n) is 11.3. The molecule has 0 unspecified atom stereocenters. The van der Waals surface area contributed by atoms with Crippen LogP contribution in [-0.4, -0.2) is 29.9 Å². The highest BCUT2D eigenvalue weighted by Crippen LogP contribution is 2.18. The smallest absolute Gasteiger partial charge is 0.255 e. The molecule has 0 atom stereocenters. The van der Waals surface area contributed by atoms with Crippen LogP contribution in [0.2, 0.25) is 0 Å². The molecule has 1 aromatic heterocycles. The van der Waals surface area contributed by atoms with E-state index in [1.807, 2.05) is 0 Å². The van der Waals surface area contributed by atoms with Crippen molar-refractivity contribution in [2.45, 2.75) is 6.54 Å². The van der Waals surface area contributed by atoms with Crippen molar-refractivity contribution < 1.29 is 13.9 Å². The maximum Gasteiger partial charge on any atom is 0.255 e. The molecule has 2 rings (SSSR count). The van der Waals surface area contributed by atoms with E-state index in [1.54, 1.807) is 37.5 Å². The molecule has 0 spiro atoms. The van der Waals surface area contributed by atoms with E-state index in [4.69, 9.17) is 4.74 Å². The Hall–Kier alpha value is -2.43. The summed E-state index contributed by atoms with van der Waals surface area (Å²) in [5.41, 5.74) is 1.20. The van der Waals surface area contributed by atoms with Crippen LogP contribution in [0.15, 0.2) is 42.7 Å². The first-order chi connectivity index (χ1) is 9.61. The topological polar surface area (TPSA) is 42.4 Å². The number of halogens is 1. The highest BCUT2D eigenvalue weighted by atomic mass is 19.1. The Morgan fingerprint density at radius 2 is 2.20 bits per heavy atom. The molecule has 1 amide bonds. The minimum Gasteiger partial charge on any atom is -0.494 e. The third kappa shape index (κ3) is 3.12. The molecule has 2 aromatic rings. The summed E-state index contributed by atoms with van der Waals surface area (Å²) in [6.07, 6.45) is 3.11. The van der Waals surface area contributed by atoms with E-state index in [0.29, 0.717) is 17.7 Å². The van der Waals surface area contributed by atoms with Crippen molar-refractivity contribution in [2.24, 2.45) is 0 Å². The van der Waals surface area contributed by atoms with Gasteiger partial charge in [-0.3, -0.25) is 9.78 Å². The lowest BCUT2D eigenvalue weighted by Gasteiger charge is -2.17. The lowest BCUT2D eigenvalue weighted by Crippen LogP contribution is -2.26. The summed E-state index contributed by atoms with van der Waals surface area (Å²) in [7, 11) is 3.08. The molecule has 104 valence electrons. The molecular formula is C15H15FN2O2. The molecule has 0 fully saturated rings. The SMILES string of the molecule is COc1ccc(CN(C)C(=O)c2cccnc2)cc1F. The summed E-state index contributed by atoms with van der Waals surface area (Å²) < 4.78 is 18.4. The minimum atomic E-state index is -0.438. The predicted molar refractivity (Wildman–Crippen MR) is 73.0 cm³/mol. The van der Waals surface area contributed by atoms with Gasteiger partial charge >= 0.3 is 0 Å². The maximum absolute atomic E-state index is 13.6. The lowest BCUT2D eigenvalue weighted by molar-refractivity contribution is 0.0784. The molecule has 0 aliphatic heterocycles. The van der Waals surface area contributed by atoms with Crippen molar-refractivity contribution in [1.29, 1.82) is 0 Å². The second-order valence-electron chi connectivity index (χ2n) is 4.37. The van der Waals surface area contributed by atoms with E-state index in [1.165, 1.54) is 24.3 Å². The van der Waals surface area contributed by atoms with Gasteiger partial charge in [-0.2, -0.15) is 0 Å². The zero-order chi connectivity index (χ0) is 14.5. The number of hydrogen-bond acceptors (Lipinski definition) is 3. The Morgan fingerprint density at radius 1 is 1.40 bits per heavy atom. The van der Waals surface area contributed by atoms with E-state index >= 15 is 0 Å². The highest BCUT2D eigenvalue weighted by Gasteiger charge is 2.13. The van der Waals surface area contributed by atoms with E-state index in [9.17, 15) is 9.18 Å². The summed E-state index contributed by atoms with van der Waals surface area (Å²) in [5, 5.41) is 0. The first kappa shape index (κ1) is 14.0. The second kappa shape index (κ2) is 6.14. The zero-order valence-corrected chi connectivity index (χ0v) is 11.3. The van der Waals surface area contributed by atoms with Gasteiger partial charge in [0.2, 0.25) is 0 Å². The molecular weight excluding hydrogens is 259 g/mol.